The SMILES string of the molecule is C[C@H]1CNC2C3CCc4c(C(=O)NCc5cccc(Cl)c5F)c(=O)c(O)c(n43)C(=O)N21. The summed E-state index contributed by atoms with van der Waals surface area (Å²) >= 11 is 5.78. The van der Waals surface area contributed by atoms with Crippen molar-refractivity contribution in [1.82, 2.24) is 20.1 Å². The molecule has 3 aliphatic heterocycles. The van der Waals surface area contributed by atoms with Gasteiger partial charge in [-0.1, -0.05) is 23.7 Å². The smallest absolute Gasteiger partial charge is 0.276 e. The van der Waals surface area contributed by atoms with Crippen LogP contribution in [0.25, 0.3) is 0 Å². The number of aromatic nitrogens is 1. The summed E-state index contributed by atoms with van der Waals surface area (Å²) < 4.78 is 15.8. The fourth-order valence-corrected chi connectivity index (χ4v) is 5.16. The van der Waals surface area contributed by atoms with Crippen molar-refractivity contribution in [1.29, 1.82) is 0 Å². The zero-order valence-electron chi connectivity index (χ0n) is 16.6. The number of aromatic hydroxyl groups is 1. The number of nitrogens with one attached hydrogen (secondary N) is 2. The van der Waals surface area contributed by atoms with E-state index in [0.29, 0.717) is 25.1 Å². The van der Waals surface area contributed by atoms with Crippen LogP contribution >= 0.6 is 11.6 Å². The normalized spacial score (nSPS) is 23.6. The molecule has 10 heteroatoms. The van der Waals surface area contributed by atoms with Crippen molar-refractivity contribution in [2.24, 2.45) is 0 Å². The molecule has 1 fully saturated rings. The van der Waals surface area contributed by atoms with E-state index in [1.807, 2.05) is 6.92 Å². The first-order valence-electron chi connectivity index (χ1n) is 10.1. The minimum atomic E-state index is -0.891. The second kappa shape index (κ2) is 7.06. The van der Waals surface area contributed by atoms with Crippen molar-refractivity contribution in [3.05, 3.63) is 61.8 Å². The van der Waals surface area contributed by atoms with Crippen LogP contribution in [0.3, 0.4) is 0 Å². The number of nitrogens with zero attached hydrogens (tertiary/aromatic N) is 2. The van der Waals surface area contributed by atoms with Gasteiger partial charge in [-0.05, 0) is 25.8 Å². The molecule has 0 bridgehead atoms. The van der Waals surface area contributed by atoms with Gasteiger partial charge in [0, 0.05) is 30.4 Å². The predicted molar refractivity (Wildman–Crippen MR) is 110 cm³/mol. The van der Waals surface area contributed by atoms with E-state index >= 15 is 0 Å². The average Bonchev–Trinajstić information content (AvgIpc) is 3.33. The maximum atomic E-state index is 14.1. The fraction of sp³-hybridized carbons (Fsp3) is 0.381. The fourth-order valence-electron chi connectivity index (χ4n) is 4.97. The van der Waals surface area contributed by atoms with Gasteiger partial charge in [0.1, 0.15) is 17.5 Å². The van der Waals surface area contributed by atoms with Crippen molar-refractivity contribution >= 4 is 23.4 Å². The Morgan fingerprint density at radius 1 is 1.39 bits per heavy atom. The first kappa shape index (κ1) is 20.0. The first-order valence-corrected chi connectivity index (χ1v) is 10.5. The number of hydrogen-bond donors (Lipinski definition) is 3. The number of rotatable bonds is 3. The third kappa shape index (κ3) is 2.80. The molecule has 1 aromatic carbocycles. The lowest BCUT2D eigenvalue weighted by Crippen LogP contribution is -2.53. The Bertz CT molecular complexity index is 1200. The number of carbonyl (C=O) groups excluding carboxylic acids is 2. The van der Waals surface area contributed by atoms with Crippen molar-refractivity contribution in [3.63, 3.8) is 0 Å². The van der Waals surface area contributed by atoms with Gasteiger partial charge >= 0.3 is 0 Å². The van der Waals surface area contributed by atoms with Gasteiger partial charge in [-0.3, -0.25) is 19.7 Å². The third-order valence-electron chi connectivity index (χ3n) is 6.39. The third-order valence-corrected chi connectivity index (χ3v) is 6.68. The number of pyridine rings is 1. The van der Waals surface area contributed by atoms with Gasteiger partial charge in [0.15, 0.2) is 11.4 Å². The molecule has 2 aromatic rings. The molecule has 5 rings (SSSR count). The lowest BCUT2D eigenvalue weighted by atomic mass is 10.1. The molecule has 4 heterocycles. The van der Waals surface area contributed by atoms with Crippen molar-refractivity contribution in [2.75, 3.05) is 6.54 Å². The second-order valence-corrected chi connectivity index (χ2v) is 8.54. The Hall–Kier alpha value is -2.91. The van der Waals surface area contributed by atoms with E-state index in [-0.39, 0.29) is 46.6 Å². The molecule has 3 N–H and O–H groups in total. The quantitative estimate of drug-likeness (QED) is 0.663. The summed E-state index contributed by atoms with van der Waals surface area (Å²) in [7, 11) is 0. The molecule has 2 unspecified atom stereocenters. The van der Waals surface area contributed by atoms with Crippen molar-refractivity contribution in [2.45, 2.75) is 44.6 Å². The molecular formula is C21H20ClFN4O4. The molecule has 3 atom stereocenters. The Labute approximate surface area is 181 Å². The first-order chi connectivity index (χ1) is 14.8. The molecule has 1 saturated heterocycles. The zero-order valence-corrected chi connectivity index (χ0v) is 17.4. The molecular weight excluding hydrogens is 427 g/mol. The van der Waals surface area contributed by atoms with Crippen LogP contribution in [0, 0.1) is 5.82 Å². The number of hydrogen-bond acceptors (Lipinski definition) is 5. The summed E-state index contributed by atoms with van der Waals surface area (Å²) in [6.07, 6.45) is 0.775. The Balaban J connectivity index is 1.55. The molecule has 0 saturated carbocycles. The summed E-state index contributed by atoms with van der Waals surface area (Å²) in [6, 6.07) is 4.18. The summed E-state index contributed by atoms with van der Waals surface area (Å²) in [5.74, 6) is -2.53. The van der Waals surface area contributed by atoms with Crippen molar-refractivity contribution < 1.29 is 19.1 Å². The molecule has 8 nitrogen and oxygen atoms in total. The highest BCUT2D eigenvalue weighted by atomic mass is 35.5. The summed E-state index contributed by atoms with van der Waals surface area (Å²) in [5, 5.41) is 16.4. The average molecular weight is 447 g/mol. The monoisotopic (exact) mass is 446 g/mol. The van der Waals surface area contributed by atoms with E-state index in [0.717, 1.165) is 0 Å². The van der Waals surface area contributed by atoms with Gasteiger partial charge in [-0.25, -0.2) is 4.39 Å². The molecule has 2 amide bonds. The molecule has 0 spiro atoms. The van der Waals surface area contributed by atoms with Gasteiger partial charge in [0.25, 0.3) is 11.8 Å². The topological polar surface area (TPSA) is 104 Å². The maximum Gasteiger partial charge on any atom is 0.276 e. The molecule has 0 aliphatic carbocycles. The van der Waals surface area contributed by atoms with Crippen LogP contribution in [0.2, 0.25) is 5.02 Å². The van der Waals surface area contributed by atoms with E-state index in [2.05, 4.69) is 10.6 Å². The lowest BCUT2D eigenvalue weighted by molar-refractivity contribution is 0.0524. The van der Waals surface area contributed by atoms with Crippen LogP contribution in [0.4, 0.5) is 4.39 Å². The molecule has 0 radical (unpaired) electrons. The zero-order chi connectivity index (χ0) is 22.0. The van der Waals surface area contributed by atoms with Crippen LogP contribution in [0.1, 0.15) is 51.5 Å². The van der Waals surface area contributed by atoms with Gasteiger partial charge in [-0.2, -0.15) is 0 Å². The van der Waals surface area contributed by atoms with Crippen molar-refractivity contribution in [3.8, 4) is 5.75 Å². The van der Waals surface area contributed by atoms with E-state index < -0.39 is 28.8 Å². The van der Waals surface area contributed by atoms with E-state index in [4.69, 9.17) is 11.6 Å². The van der Waals surface area contributed by atoms with Crippen LogP contribution < -0.4 is 16.1 Å². The highest BCUT2D eigenvalue weighted by molar-refractivity contribution is 6.30. The minimum absolute atomic E-state index is 0.0632. The summed E-state index contributed by atoms with van der Waals surface area (Å²) in [6.45, 7) is 2.34. The summed E-state index contributed by atoms with van der Waals surface area (Å²) in [4.78, 5) is 40.6. The lowest BCUT2D eigenvalue weighted by Gasteiger charge is -2.39. The Morgan fingerprint density at radius 3 is 2.94 bits per heavy atom. The van der Waals surface area contributed by atoms with Crippen LogP contribution in [-0.2, 0) is 13.0 Å². The summed E-state index contributed by atoms with van der Waals surface area (Å²) in [5.41, 5.74) is -0.573. The number of benzene rings is 1. The largest absolute Gasteiger partial charge is 0.503 e. The maximum absolute atomic E-state index is 14.1. The molecule has 31 heavy (non-hydrogen) atoms. The highest BCUT2D eigenvalue weighted by Crippen LogP contribution is 2.41. The highest BCUT2D eigenvalue weighted by Gasteiger charge is 2.50. The Morgan fingerprint density at radius 2 is 2.16 bits per heavy atom. The van der Waals surface area contributed by atoms with Gasteiger partial charge in [0.05, 0.1) is 11.1 Å². The standard InChI is InChI=1S/C21H20ClFN4O4/c1-9-7-24-19-13-6-5-12-14(17(28)18(29)16(27(12)13)21(31)26(9)19)20(30)25-8-10-3-2-4-11(22)15(10)23/h2-4,9,13,19,24,29H,5-8H2,1H3,(H,25,30)/t9-,13?,19?/m0/s1. The molecule has 1 aromatic heterocycles. The Kier molecular flexibility index (Phi) is 4.56. The predicted octanol–water partition coefficient (Wildman–Crippen LogP) is 1.54. The number of halogens is 2. The molecule has 162 valence electrons. The van der Waals surface area contributed by atoms with Crippen LogP contribution in [-0.4, -0.2) is 45.1 Å². The van der Waals surface area contributed by atoms with E-state index in [1.165, 1.54) is 12.1 Å². The molecule has 3 aliphatic rings. The second-order valence-electron chi connectivity index (χ2n) is 8.13. The van der Waals surface area contributed by atoms with E-state index in [1.54, 1.807) is 15.5 Å². The van der Waals surface area contributed by atoms with Crippen LogP contribution in [0.5, 0.6) is 5.75 Å². The number of fused-ring (bicyclic) bond motifs is 2. The number of carbonyl (C=O) groups is 2. The number of amides is 2. The van der Waals surface area contributed by atoms with Gasteiger partial charge in [-0.15, -0.1) is 0 Å². The van der Waals surface area contributed by atoms with Gasteiger partial charge in [0.2, 0.25) is 5.43 Å². The van der Waals surface area contributed by atoms with E-state index in [9.17, 15) is 23.9 Å². The minimum Gasteiger partial charge on any atom is -0.503 e. The van der Waals surface area contributed by atoms with Gasteiger partial charge < -0.3 is 19.9 Å². The van der Waals surface area contributed by atoms with Crippen LogP contribution in [0.15, 0.2) is 23.0 Å².